The predicted molar refractivity (Wildman–Crippen MR) is 106 cm³/mol. The van der Waals surface area contributed by atoms with Crippen molar-refractivity contribution < 1.29 is 18.6 Å². The molecule has 0 fully saturated rings. The molecule has 0 atom stereocenters. The molecule has 0 bridgehead atoms. The molecule has 0 aliphatic rings. The van der Waals surface area contributed by atoms with Crippen molar-refractivity contribution >= 4 is 15.9 Å². The zero-order valence-corrected chi connectivity index (χ0v) is 17.1. The Morgan fingerprint density at radius 3 is 1.81 bits per heavy atom. The van der Waals surface area contributed by atoms with Crippen LogP contribution < -0.4 is 14.2 Å². The average molecular weight is 433 g/mol. The van der Waals surface area contributed by atoms with Crippen LogP contribution in [0.15, 0.2) is 45.3 Å². The Labute approximate surface area is 166 Å². The maximum absolute atomic E-state index is 5.87. The second-order valence-corrected chi connectivity index (χ2v) is 6.44. The SMILES string of the molecule is CCOc1cc(-c2nnc(-c3ccc(Br)cc3)o2)cc(OCC)c1OCC. The van der Waals surface area contributed by atoms with Crippen LogP contribution in [0.5, 0.6) is 17.2 Å². The van der Waals surface area contributed by atoms with E-state index < -0.39 is 0 Å². The summed E-state index contributed by atoms with van der Waals surface area (Å²) in [6.07, 6.45) is 0. The number of hydrogen-bond acceptors (Lipinski definition) is 6. The van der Waals surface area contributed by atoms with Crippen molar-refractivity contribution in [1.29, 1.82) is 0 Å². The number of aromatic nitrogens is 2. The van der Waals surface area contributed by atoms with E-state index in [9.17, 15) is 0 Å². The second-order valence-electron chi connectivity index (χ2n) is 5.52. The lowest BCUT2D eigenvalue weighted by molar-refractivity contribution is 0.261. The number of halogens is 1. The van der Waals surface area contributed by atoms with Gasteiger partial charge in [-0.15, -0.1) is 10.2 Å². The molecule has 0 unspecified atom stereocenters. The van der Waals surface area contributed by atoms with E-state index >= 15 is 0 Å². The lowest BCUT2D eigenvalue weighted by atomic mass is 10.1. The van der Waals surface area contributed by atoms with Crippen molar-refractivity contribution in [1.82, 2.24) is 10.2 Å². The van der Waals surface area contributed by atoms with Crippen LogP contribution in [-0.2, 0) is 0 Å². The summed E-state index contributed by atoms with van der Waals surface area (Å²) >= 11 is 3.42. The number of ether oxygens (including phenoxy) is 3. The first-order valence-corrected chi connectivity index (χ1v) is 9.61. The fraction of sp³-hybridized carbons (Fsp3) is 0.300. The van der Waals surface area contributed by atoms with Crippen LogP contribution in [0.1, 0.15) is 20.8 Å². The van der Waals surface area contributed by atoms with Crippen LogP contribution in [0, 0.1) is 0 Å². The van der Waals surface area contributed by atoms with E-state index in [2.05, 4.69) is 26.1 Å². The van der Waals surface area contributed by atoms with Gasteiger partial charge in [-0.05, 0) is 57.2 Å². The second kappa shape index (κ2) is 8.90. The molecule has 142 valence electrons. The van der Waals surface area contributed by atoms with Gasteiger partial charge < -0.3 is 18.6 Å². The zero-order chi connectivity index (χ0) is 19.2. The fourth-order valence-electron chi connectivity index (χ4n) is 2.56. The number of rotatable bonds is 8. The molecule has 1 aromatic heterocycles. The average Bonchev–Trinajstić information content (AvgIpc) is 3.15. The van der Waals surface area contributed by atoms with Gasteiger partial charge in [0.05, 0.1) is 19.8 Å². The minimum Gasteiger partial charge on any atom is -0.490 e. The molecule has 6 nitrogen and oxygen atoms in total. The Hall–Kier alpha value is -2.54. The fourth-order valence-corrected chi connectivity index (χ4v) is 2.83. The largest absolute Gasteiger partial charge is 0.490 e. The molecule has 0 amide bonds. The summed E-state index contributed by atoms with van der Waals surface area (Å²) < 4.78 is 24.1. The van der Waals surface area contributed by atoms with Crippen molar-refractivity contribution in [3.63, 3.8) is 0 Å². The summed E-state index contributed by atoms with van der Waals surface area (Å²) in [5.41, 5.74) is 1.55. The third-order valence-electron chi connectivity index (χ3n) is 3.67. The van der Waals surface area contributed by atoms with E-state index in [0.29, 0.717) is 54.4 Å². The van der Waals surface area contributed by atoms with Gasteiger partial charge in [-0.25, -0.2) is 0 Å². The molecule has 3 rings (SSSR count). The summed E-state index contributed by atoms with van der Waals surface area (Å²) in [6, 6.07) is 11.3. The number of benzene rings is 2. The third-order valence-corrected chi connectivity index (χ3v) is 4.20. The van der Waals surface area contributed by atoms with Gasteiger partial charge >= 0.3 is 0 Å². The van der Waals surface area contributed by atoms with Crippen molar-refractivity contribution in [2.24, 2.45) is 0 Å². The maximum Gasteiger partial charge on any atom is 0.248 e. The highest BCUT2D eigenvalue weighted by molar-refractivity contribution is 9.10. The lowest BCUT2D eigenvalue weighted by Crippen LogP contribution is -2.03. The van der Waals surface area contributed by atoms with Crippen LogP contribution in [-0.4, -0.2) is 30.0 Å². The van der Waals surface area contributed by atoms with Gasteiger partial charge in [-0.2, -0.15) is 0 Å². The van der Waals surface area contributed by atoms with Gasteiger partial charge in [-0.1, -0.05) is 15.9 Å². The standard InChI is InChI=1S/C20H21BrN2O4/c1-4-24-16-11-14(12-17(25-5-2)18(16)26-6-3)20-23-22-19(27-20)13-7-9-15(21)10-8-13/h7-12H,4-6H2,1-3H3. The van der Waals surface area contributed by atoms with Gasteiger partial charge in [0.15, 0.2) is 11.5 Å². The maximum atomic E-state index is 5.87. The van der Waals surface area contributed by atoms with Crippen LogP contribution in [0.25, 0.3) is 22.9 Å². The van der Waals surface area contributed by atoms with Gasteiger partial charge in [0, 0.05) is 15.6 Å². The molecule has 7 heteroatoms. The van der Waals surface area contributed by atoms with Gasteiger partial charge in [0.1, 0.15) is 0 Å². The summed E-state index contributed by atoms with van der Waals surface area (Å²) in [7, 11) is 0. The monoisotopic (exact) mass is 432 g/mol. The van der Waals surface area contributed by atoms with Crippen molar-refractivity contribution in [3.05, 3.63) is 40.9 Å². The molecule has 2 aromatic carbocycles. The highest BCUT2D eigenvalue weighted by Crippen LogP contribution is 2.42. The van der Waals surface area contributed by atoms with Crippen molar-refractivity contribution in [3.8, 4) is 40.2 Å². The molecule has 3 aromatic rings. The lowest BCUT2D eigenvalue weighted by Gasteiger charge is -2.16. The minimum absolute atomic E-state index is 0.387. The van der Waals surface area contributed by atoms with E-state index in [0.717, 1.165) is 10.0 Å². The highest BCUT2D eigenvalue weighted by Gasteiger charge is 2.19. The third kappa shape index (κ3) is 4.42. The van der Waals surface area contributed by atoms with Crippen LogP contribution >= 0.6 is 15.9 Å². The first-order valence-electron chi connectivity index (χ1n) is 8.82. The molecule has 0 N–H and O–H groups in total. The minimum atomic E-state index is 0.387. The Bertz CT molecular complexity index is 866. The Morgan fingerprint density at radius 2 is 1.30 bits per heavy atom. The van der Waals surface area contributed by atoms with Gasteiger partial charge in [0.25, 0.3) is 0 Å². The summed E-state index contributed by atoms with van der Waals surface area (Å²) in [4.78, 5) is 0. The zero-order valence-electron chi connectivity index (χ0n) is 15.5. The summed E-state index contributed by atoms with van der Waals surface area (Å²) in [5.74, 6) is 2.59. The smallest absolute Gasteiger partial charge is 0.248 e. The van der Waals surface area contributed by atoms with E-state index in [1.165, 1.54) is 0 Å². The van der Waals surface area contributed by atoms with Gasteiger partial charge in [0.2, 0.25) is 17.5 Å². The highest BCUT2D eigenvalue weighted by atomic mass is 79.9. The van der Waals surface area contributed by atoms with Crippen LogP contribution in [0.4, 0.5) is 0 Å². The molecular weight excluding hydrogens is 412 g/mol. The molecule has 0 saturated heterocycles. The first-order chi connectivity index (χ1) is 13.2. The predicted octanol–water partition coefficient (Wildman–Crippen LogP) is 5.36. The van der Waals surface area contributed by atoms with E-state index in [1.807, 2.05) is 57.2 Å². The van der Waals surface area contributed by atoms with E-state index in [-0.39, 0.29) is 0 Å². The molecule has 0 aliphatic carbocycles. The normalized spacial score (nSPS) is 10.7. The van der Waals surface area contributed by atoms with E-state index in [1.54, 1.807) is 0 Å². The summed E-state index contributed by atoms with van der Waals surface area (Å²) in [5, 5.41) is 8.34. The topological polar surface area (TPSA) is 66.6 Å². The Morgan fingerprint density at radius 1 is 0.778 bits per heavy atom. The number of hydrogen-bond donors (Lipinski definition) is 0. The van der Waals surface area contributed by atoms with Crippen LogP contribution in [0.2, 0.25) is 0 Å². The van der Waals surface area contributed by atoms with Crippen molar-refractivity contribution in [2.45, 2.75) is 20.8 Å². The molecular formula is C20H21BrN2O4. The first kappa shape index (κ1) is 19.2. The Balaban J connectivity index is 2.01. The van der Waals surface area contributed by atoms with Gasteiger partial charge in [-0.3, -0.25) is 0 Å². The summed E-state index contributed by atoms with van der Waals surface area (Å²) in [6.45, 7) is 7.27. The quantitative estimate of drug-likeness (QED) is 0.476. The van der Waals surface area contributed by atoms with Crippen LogP contribution in [0.3, 0.4) is 0 Å². The Kier molecular flexibility index (Phi) is 6.34. The molecule has 1 heterocycles. The molecule has 0 aliphatic heterocycles. The molecule has 0 radical (unpaired) electrons. The van der Waals surface area contributed by atoms with Crippen molar-refractivity contribution in [2.75, 3.05) is 19.8 Å². The molecule has 0 saturated carbocycles. The molecule has 0 spiro atoms. The number of nitrogens with zero attached hydrogens (tertiary/aromatic N) is 2. The van der Waals surface area contributed by atoms with E-state index in [4.69, 9.17) is 18.6 Å². The molecule has 27 heavy (non-hydrogen) atoms.